The van der Waals surface area contributed by atoms with Crippen molar-refractivity contribution >= 4 is 22.4 Å². The Hall–Kier alpha value is -1.14. The Morgan fingerprint density at radius 2 is 2.33 bits per heavy atom. The smallest absolute Gasteiger partial charge is 0.317 e. The molecular weight excluding hydrogens is 288 g/mol. The first-order chi connectivity index (χ1) is 10.0. The van der Waals surface area contributed by atoms with Crippen molar-refractivity contribution in [1.29, 1.82) is 0 Å². The zero-order valence-electron chi connectivity index (χ0n) is 13.2. The largest absolute Gasteiger partial charge is 0.465 e. The van der Waals surface area contributed by atoms with Crippen LogP contribution < -0.4 is 4.90 Å². The standard InChI is InChI=1S/C15H24N2O3S/c1-5-11-9-19-8-7-17(11)14-16-12(10-21-14)15(3,4)13(18)20-6-2/h10-11H,5-9H2,1-4H3. The number of aromatic nitrogens is 1. The summed E-state index contributed by atoms with van der Waals surface area (Å²) in [6.45, 7) is 10.4. The molecule has 1 fully saturated rings. The second-order valence-electron chi connectivity index (χ2n) is 5.69. The van der Waals surface area contributed by atoms with Gasteiger partial charge in [-0.3, -0.25) is 4.79 Å². The average Bonchev–Trinajstić information content (AvgIpc) is 2.97. The minimum atomic E-state index is -0.710. The maximum absolute atomic E-state index is 12.1. The number of rotatable bonds is 5. The molecule has 2 rings (SSSR count). The molecule has 0 spiro atoms. The molecule has 1 aromatic heterocycles. The van der Waals surface area contributed by atoms with Gasteiger partial charge in [-0.15, -0.1) is 11.3 Å². The molecule has 1 aromatic rings. The molecule has 0 aromatic carbocycles. The predicted octanol–water partition coefficient (Wildman–Crippen LogP) is 2.60. The minimum Gasteiger partial charge on any atom is -0.465 e. The van der Waals surface area contributed by atoms with Crippen LogP contribution in [0, 0.1) is 0 Å². The fourth-order valence-electron chi connectivity index (χ4n) is 2.34. The van der Waals surface area contributed by atoms with Gasteiger partial charge in [0.05, 0.1) is 31.6 Å². The van der Waals surface area contributed by atoms with Gasteiger partial charge in [0.2, 0.25) is 0 Å². The van der Waals surface area contributed by atoms with E-state index in [0.29, 0.717) is 12.6 Å². The molecule has 1 aliphatic rings. The molecule has 0 aliphatic carbocycles. The Bertz CT molecular complexity index is 487. The summed E-state index contributed by atoms with van der Waals surface area (Å²) in [6, 6.07) is 0.364. The highest BCUT2D eigenvalue weighted by atomic mass is 32.1. The maximum atomic E-state index is 12.1. The van der Waals surface area contributed by atoms with Crippen molar-refractivity contribution in [2.75, 3.05) is 31.3 Å². The Balaban J connectivity index is 2.18. The molecule has 1 aliphatic heterocycles. The lowest BCUT2D eigenvalue weighted by atomic mass is 9.90. The van der Waals surface area contributed by atoms with Crippen LogP contribution in [-0.4, -0.2) is 43.4 Å². The topological polar surface area (TPSA) is 51.7 Å². The van der Waals surface area contributed by atoms with Crippen LogP contribution in [0.4, 0.5) is 5.13 Å². The number of ether oxygens (including phenoxy) is 2. The summed E-state index contributed by atoms with van der Waals surface area (Å²) in [5.41, 5.74) is 0.0703. The lowest BCUT2D eigenvalue weighted by Crippen LogP contribution is -2.45. The Morgan fingerprint density at radius 1 is 1.57 bits per heavy atom. The molecule has 0 bridgehead atoms. The summed E-state index contributed by atoms with van der Waals surface area (Å²) in [5, 5.41) is 2.94. The average molecular weight is 312 g/mol. The molecule has 0 radical (unpaired) electrons. The van der Waals surface area contributed by atoms with E-state index in [1.54, 1.807) is 11.3 Å². The van der Waals surface area contributed by atoms with Gasteiger partial charge in [0.15, 0.2) is 5.13 Å². The van der Waals surface area contributed by atoms with Gasteiger partial charge in [0.1, 0.15) is 5.41 Å². The second-order valence-corrected chi connectivity index (χ2v) is 6.53. The van der Waals surface area contributed by atoms with E-state index in [2.05, 4.69) is 11.8 Å². The number of carbonyl (C=O) groups excluding carboxylic acids is 1. The molecular formula is C15H24N2O3S. The monoisotopic (exact) mass is 312 g/mol. The molecule has 0 saturated carbocycles. The zero-order chi connectivity index (χ0) is 15.5. The minimum absolute atomic E-state index is 0.226. The summed E-state index contributed by atoms with van der Waals surface area (Å²) >= 11 is 1.59. The molecule has 6 heteroatoms. The van der Waals surface area contributed by atoms with Crippen molar-refractivity contribution in [3.63, 3.8) is 0 Å². The normalized spacial score (nSPS) is 19.6. The van der Waals surface area contributed by atoms with E-state index in [-0.39, 0.29) is 5.97 Å². The van der Waals surface area contributed by atoms with Gasteiger partial charge < -0.3 is 14.4 Å². The van der Waals surface area contributed by atoms with Crippen molar-refractivity contribution < 1.29 is 14.3 Å². The first-order valence-corrected chi connectivity index (χ1v) is 8.36. The summed E-state index contributed by atoms with van der Waals surface area (Å²) in [5.74, 6) is -0.226. The highest BCUT2D eigenvalue weighted by molar-refractivity contribution is 7.13. The predicted molar refractivity (Wildman–Crippen MR) is 84.0 cm³/mol. The van der Waals surface area contributed by atoms with Gasteiger partial charge in [-0.2, -0.15) is 0 Å². The van der Waals surface area contributed by atoms with Gasteiger partial charge in [-0.25, -0.2) is 4.98 Å². The third-order valence-electron chi connectivity index (χ3n) is 3.86. The van der Waals surface area contributed by atoms with Gasteiger partial charge in [-0.05, 0) is 27.2 Å². The molecule has 1 atom stereocenters. The van der Waals surface area contributed by atoms with Crippen molar-refractivity contribution in [3.05, 3.63) is 11.1 Å². The van der Waals surface area contributed by atoms with E-state index in [9.17, 15) is 4.79 Å². The highest BCUT2D eigenvalue weighted by Gasteiger charge is 2.35. The molecule has 5 nitrogen and oxygen atoms in total. The van der Waals surface area contributed by atoms with Crippen LogP contribution >= 0.6 is 11.3 Å². The lowest BCUT2D eigenvalue weighted by molar-refractivity contribution is -0.148. The molecule has 2 heterocycles. The van der Waals surface area contributed by atoms with Crippen LogP contribution in [-0.2, 0) is 19.7 Å². The quantitative estimate of drug-likeness (QED) is 0.782. The van der Waals surface area contributed by atoms with Crippen molar-refractivity contribution in [2.24, 2.45) is 0 Å². The van der Waals surface area contributed by atoms with Crippen LogP contribution in [0.5, 0.6) is 0 Å². The molecule has 21 heavy (non-hydrogen) atoms. The maximum Gasteiger partial charge on any atom is 0.317 e. The number of anilines is 1. The SMILES string of the molecule is CCOC(=O)C(C)(C)c1csc(N2CCOCC2CC)n1. The van der Waals surface area contributed by atoms with E-state index in [1.807, 2.05) is 26.2 Å². The van der Waals surface area contributed by atoms with Gasteiger partial charge in [0, 0.05) is 11.9 Å². The Morgan fingerprint density at radius 3 is 3.00 bits per heavy atom. The van der Waals surface area contributed by atoms with Gasteiger partial charge in [0.25, 0.3) is 0 Å². The van der Waals surface area contributed by atoms with E-state index >= 15 is 0 Å². The van der Waals surface area contributed by atoms with E-state index in [4.69, 9.17) is 14.5 Å². The number of nitrogens with zero attached hydrogens (tertiary/aromatic N) is 2. The molecule has 0 amide bonds. The van der Waals surface area contributed by atoms with Gasteiger partial charge >= 0.3 is 5.97 Å². The van der Waals surface area contributed by atoms with Crippen LogP contribution in [0.1, 0.15) is 39.8 Å². The fourth-order valence-corrected chi connectivity index (χ4v) is 3.44. The number of thiazole rings is 1. The highest BCUT2D eigenvalue weighted by Crippen LogP contribution is 2.32. The number of hydrogen-bond acceptors (Lipinski definition) is 6. The summed E-state index contributed by atoms with van der Waals surface area (Å²) in [6.07, 6.45) is 1.02. The first-order valence-electron chi connectivity index (χ1n) is 7.48. The van der Waals surface area contributed by atoms with Crippen LogP contribution in [0.25, 0.3) is 0 Å². The number of morpholine rings is 1. The Labute approximate surface area is 130 Å². The Kier molecular flexibility index (Phi) is 5.22. The summed E-state index contributed by atoms with van der Waals surface area (Å²) in [4.78, 5) is 19.1. The number of hydrogen-bond donors (Lipinski definition) is 0. The first kappa shape index (κ1) is 16.2. The third kappa shape index (κ3) is 3.37. The summed E-state index contributed by atoms with van der Waals surface area (Å²) in [7, 11) is 0. The van der Waals surface area contributed by atoms with E-state index < -0.39 is 5.41 Å². The molecule has 1 saturated heterocycles. The fraction of sp³-hybridized carbons (Fsp3) is 0.733. The molecule has 118 valence electrons. The zero-order valence-corrected chi connectivity index (χ0v) is 14.0. The van der Waals surface area contributed by atoms with E-state index in [1.165, 1.54) is 0 Å². The van der Waals surface area contributed by atoms with Crippen LogP contribution in [0.3, 0.4) is 0 Å². The van der Waals surface area contributed by atoms with Crippen LogP contribution in [0.2, 0.25) is 0 Å². The second kappa shape index (κ2) is 6.75. The summed E-state index contributed by atoms with van der Waals surface area (Å²) < 4.78 is 10.7. The van der Waals surface area contributed by atoms with Crippen molar-refractivity contribution in [2.45, 2.75) is 45.6 Å². The third-order valence-corrected chi connectivity index (χ3v) is 4.74. The molecule has 1 unspecified atom stereocenters. The lowest BCUT2D eigenvalue weighted by Gasteiger charge is -2.34. The van der Waals surface area contributed by atoms with E-state index in [0.717, 1.165) is 37.0 Å². The number of carbonyl (C=O) groups is 1. The van der Waals surface area contributed by atoms with Crippen LogP contribution in [0.15, 0.2) is 5.38 Å². The van der Waals surface area contributed by atoms with Crippen molar-refractivity contribution in [3.8, 4) is 0 Å². The molecule has 0 N–H and O–H groups in total. The van der Waals surface area contributed by atoms with Crippen molar-refractivity contribution in [1.82, 2.24) is 4.98 Å². The number of esters is 1. The van der Waals surface area contributed by atoms with Gasteiger partial charge in [-0.1, -0.05) is 6.92 Å².